The highest BCUT2D eigenvalue weighted by Crippen LogP contribution is 2.18. The molecule has 104 valence electrons. The van der Waals surface area contributed by atoms with E-state index in [1.165, 1.54) is 0 Å². The van der Waals surface area contributed by atoms with Gasteiger partial charge in [-0.1, -0.05) is 30.7 Å². The maximum atomic E-state index is 12.2. The summed E-state index contributed by atoms with van der Waals surface area (Å²) >= 11 is 0. The van der Waals surface area contributed by atoms with Crippen LogP contribution in [0.25, 0.3) is 10.9 Å². The second kappa shape index (κ2) is 6.99. The smallest absolute Gasteiger partial charge is 0.181 e. The van der Waals surface area contributed by atoms with E-state index in [9.17, 15) is 4.79 Å². The molecule has 0 saturated carbocycles. The van der Waals surface area contributed by atoms with E-state index in [0.717, 1.165) is 42.1 Å². The lowest BCUT2D eigenvalue weighted by molar-refractivity contribution is 0.0974. The first-order chi connectivity index (χ1) is 9.72. The summed E-state index contributed by atoms with van der Waals surface area (Å²) in [7, 11) is 0. The van der Waals surface area contributed by atoms with Crippen LogP contribution in [-0.4, -0.2) is 10.8 Å². The predicted octanol–water partition coefficient (Wildman–Crippen LogP) is 4.86. The van der Waals surface area contributed by atoms with Gasteiger partial charge in [-0.25, -0.2) is 4.98 Å². The molecule has 2 aromatic rings. The largest absolute Gasteiger partial charge is 0.292 e. The maximum Gasteiger partial charge on any atom is 0.181 e. The van der Waals surface area contributed by atoms with Crippen LogP contribution in [0.15, 0.2) is 43.0 Å². The second-order valence-electron chi connectivity index (χ2n) is 5.15. The van der Waals surface area contributed by atoms with Crippen molar-refractivity contribution in [1.82, 2.24) is 4.98 Å². The normalized spacial score (nSPS) is 10.7. The van der Waals surface area contributed by atoms with Crippen LogP contribution in [0.2, 0.25) is 0 Å². The number of unbranched alkanes of at least 4 members (excludes halogenated alkanes) is 3. The standard InChI is InChI=1S/C18H21NO/c1-3-4-5-6-7-12-18(20)17-13-14(2)15-10-8-9-11-16(15)19-17/h3,8-11,13H,1,4-7,12H2,2H3. The monoisotopic (exact) mass is 267 g/mol. The second-order valence-corrected chi connectivity index (χ2v) is 5.15. The Morgan fingerprint density at radius 1 is 1.25 bits per heavy atom. The van der Waals surface area contributed by atoms with Crippen LogP contribution in [0, 0.1) is 6.92 Å². The highest BCUT2D eigenvalue weighted by molar-refractivity contribution is 5.97. The molecule has 0 aliphatic heterocycles. The Morgan fingerprint density at radius 3 is 2.85 bits per heavy atom. The van der Waals surface area contributed by atoms with Gasteiger partial charge in [0.05, 0.1) is 5.52 Å². The number of allylic oxidation sites excluding steroid dienone is 1. The van der Waals surface area contributed by atoms with E-state index < -0.39 is 0 Å². The average molecular weight is 267 g/mol. The fourth-order valence-electron chi connectivity index (χ4n) is 2.37. The number of rotatable bonds is 7. The number of Topliss-reactive ketones (excluding diaryl/α,β-unsaturated/α-hetero) is 1. The molecule has 0 aliphatic carbocycles. The molecular formula is C18H21NO. The zero-order valence-corrected chi connectivity index (χ0v) is 12.1. The topological polar surface area (TPSA) is 30.0 Å². The number of pyridine rings is 1. The molecule has 0 atom stereocenters. The Labute approximate surface area is 120 Å². The minimum atomic E-state index is 0.150. The number of benzene rings is 1. The fourth-order valence-corrected chi connectivity index (χ4v) is 2.37. The van der Waals surface area contributed by atoms with Gasteiger partial charge in [0, 0.05) is 11.8 Å². The third-order valence-electron chi connectivity index (χ3n) is 3.52. The molecule has 0 bridgehead atoms. The Balaban J connectivity index is 2.05. The van der Waals surface area contributed by atoms with Crippen LogP contribution >= 0.6 is 0 Å². The number of hydrogen-bond donors (Lipinski definition) is 0. The van der Waals surface area contributed by atoms with Gasteiger partial charge in [0.15, 0.2) is 5.78 Å². The third-order valence-corrected chi connectivity index (χ3v) is 3.52. The number of fused-ring (bicyclic) bond motifs is 1. The molecule has 2 heteroatoms. The van der Waals surface area contributed by atoms with Gasteiger partial charge in [0.1, 0.15) is 5.69 Å². The summed E-state index contributed by atoms with van der Waals surface area (Å²) in [5.41, 5.74) is 2.62. The molecule has 0 N–H and O–H groups in total. The van der Waals surface area contributed by atoms with Gasteiger partial charge < -0.3 is 0 Å². The predicted molar refractivity (Wildman–Crippen MR) is 84.1 cm³/mol. The number of carbonyl (C=O) groups is 1. The van der Waals surface area contributed by atoms with Crippen molar-refractivity contribution in [2.45, 2.75) is 39.0 Å². The zero-order chi connectivity index (χ0) is 14.4. The lowest BCUT2D eigenvalue weighted by atomic mass is 10.0. The van der Waals surface area contributed by atoms with Gasteiger partial charge in [0.25, 0.3) is 0 Å². The summed E-state index contributed by atoms with van der Waals surface area (Å²) in [4.78, 5) is 16.7. The lowest BCUT2D eigenvalue weighted by Gasteiger charge is -2.05. The van der Waals surface area contributed by atoms with Gasteiger partial charge in [0.2, 0.25) is 0 Å². The number of nitrogens with zero attached hydrogens (tertiary/aromatic N) is 1. The van der Waals surface area contributed by atoms with Crippen LogP contribution in [-0.2, 0) is 0 Å². The number of ketones is 1. The Kier molecular flexibility index (Phi) is 5.05. The summed E-state index contributed by atoms with van der Waals surface area (Å²) < 4.78 is 0. The number of aromatic nitrogens is 1. The SMILES string of the molecule is C=CCCCCCC(=O)c1cc(C)c2ccccc2n1. The lowest BCUT2D eigenvalue weighted by Crippen LogP contribution is -2.03. The molecule has 1 aromatic carbocycles. The van der Waals surface area contributed by atoms with Crippen molar-refractivity contribution in [3.05, 3.63) is 54.2 Å². The maximum absolute atomic E-state index is 12.2. The highest BCUT2D eigenvalue weighted by atomic mass is 16.1. The molecule has 0 aliphatic rings. The van der Waals surface area contributed by atoms with E-state index >= 15 is 0 Å². The molecule has 0 amide bonds. The minimum absolute atomic E-state index is 0.150. The van der Waals surface area contributed by atoms with Gasteiger partial charge >= 0.3 is 0 Å². The first kappa shape index (κ1) is 14.4. The van der Waals surface area contributed by atoms with Gasteiger partial charge in [-0.15, -0.1) is 6.58 Å². The van der Waals surface area contributed by atoms with E-state index in [-0.39, 0.29) is 5.78 Å². The van der Waals surface area contributed by atoms with Crippen molar-refractivity contribution in [3.8, 4) is 0 Å². The molecule has 2 rings (SSSR count). The summed E-state index contributed by atoms with van der Waals surface area (Å²) in [5, 5.41) is 1.12. The van der Waals surface area contributed by atoms with Gasteiger partial charge in [-0.05, 0) is 43.9 Å². The van der Waals surface area contributed by atoms with Crippen LogP contribution in [0.3, 0.4) is 0 Å². The van der Waals surface area contributed by atoms with Crippen molar-refractivity contribution < 1.29 is 4.79 Å². The quantitative estimate of drug-likeness (QED) is 0.407. The summed E-state index contributed by atoms with van der Waals surface area (Å²) in [6.07, 6.45) is 6.66. The minimum Gasteiger partial charge on any atom is -0.292 e. The van der Waals surface area contributed by atoms with E-state index in [0.29, 0.717) is 12.1 Å². The van der Waals surface area contributed by atoms with Crippen molar-refractivity contribution in [3.63, 3.8) is 0 Å². The summed E-state index contributed by atoms with van der Waals surface area (Å²) in [6, 6.07) is 9.87. The molecule has 0 saturated heterocycles. The number of aryl methyl sites for hydroxylation is 1. The summed E-state index contributed by atoms with van der Waals surface area (Å²) in [6.45, 7) is 5.74. The third kappa shape index (κ3) is 3.53. The molecule has 0 fully saturated rings. The fraction of sp³-hybridized carbons (Fsp3) is 0.333. The number of carbonyl (C=O) groups excluding carboxylic acids is 1. The van der Waals surface area contributed by atoms with Gasteiger partial charge in [-0.3, -0.25) is 4.79 Å². The molecule has 0 radical (unpaired) electrons. The molecule has 0 spiro atoms. The molecule has 1 aromatic heterocycles. The molecule has 1 heterocycles. The Morgan fingerprint density at radius 2 is 2.05 bits per heavy atom. The van der Waals surface area contributed by atoms with Crippen LogP contribution in [0.4, 0.5) is 0 Å². The highest BCUT2D eigenvalue weighted by Gasteiger charge is 2.09. The first-order valence-electron chi connectivity index (χ1n) is 7.23. The van der Waals surface area contributed by atoms with Crippen molar-refractivity contribution in [2.75, 3.05) is 0 Å². The Bertz CT molecular complexity index is 616. The van der Waals surface area contributed by atoms with Crippen LogP contribution in [0.5, 0.6) is 0 Å². The van der Waals surface area contributed by atoms with Crippen LogP contribution in [0.1, 0.15) is 48.2 Å². The van der Waals surface area contributed by atoms with Crippen molar-refractivity contribution in [1.29, 1.82) is 0 Å². The molecule has 20 heavy (non-hydrogen) atoms. The number of para-hydroxylation sites is 1. The van der Waals surface area contributed by atoms with Crippen LogP contribution < -0.4 is 0 Å². The van der Waals surface area contributed by atoms with E-state index in [1.54, 1.807) is 0 Å². The van der Waals surface area contributed by atoms with Crippen molar-refractivity contribution in [2.24, 2.45) is 0 Å². The van der Waals surface area contributed by atoms with Crippen molar-refractivity contribution >= 4 is 16.7 Å². The zero-order valence-electron chi connectivity index (χ0n) is 12.1. The van der Waals surface area contributed by atoms with Gasteiger partial charge in [-0.2, -0.15) is 0 Å². The number of hydrogen-bond acceptors (Lipinski definition) is 2. The Hall–Kier alpha value is -1.96. The molecule has 2 nitrogen and oxygen atoms in total. The van der Waals surface area contributed by atoms with E-state index in [2.05, 4.69) is 11.6 Å². The molecular weight excluding hydrogens is 246 g/mol. The summed E-state index contributed by atoms with van der Waals surface area (Å²) in [5.74, 6) is 0.150. The molecule has 0 unspecified atom stereocenters. The van der Waals surface area contributed by atoms with E-state index in [1.807, 2.05) is 43.3 Å². The van der Waals surface area contributed by atoms with E-state index in [4.69, 9.17) is 0 Å². The first-order valence-corrected chi connectivity index (χ1v) is 7.23. The average Bonchev–Trinajstić information content (AvgIpc) is 2.47.